The van der Waals surface area contributed by atoms with E-state index >= 15 is 0 Å². The van der Waals surface area contributed by atoms with Crippen LogP contribution in [0, 0.1) is 0 Å². The minimum absolute atomic E-state index is 0.300. The summed E-state index contributed by atoms with van der Waals surface area (Å²) in [4.78, 5) is 0. The summed E-state index contributed by atoms with van der Waals surface area (Å²) in [5.74, 6) is 0. The molecule has 0 aliphatic rings. The molecule has 0 aliphatic heterocycles. The molecule has 3 aromatic rings. The van der Waals surface area contributed by atoms with E-state index in [1.54, 1.807) is 0 Å². The molecule has 0 saturated heterocycles. The van der Waals surface area contributed by atoms with Crippen molar-refractivity contribution < 1.29 is 9.09 Å². The third-order valence-electron chi connectivity index (χ3n) is 3.69. The molecule has 1 N–H and O–H groups in total. The Morgan fingerprint density at radius 1 is 0.708 bits per heavy atom. The molecule has 0 bridgehead atoms. The Hall–Kier alpha value is -2.19. The molecule has 1 atom stereocenters. The Kier molecular flexibility index (Phi) is 5.60. The molecule has 0 radical (unpaired) electrons. The van der Waals surface area contributed by atoms with E-state index in [2.05, 4.69) is 5.09 Å². The van der Waals surface area contributed by atoms with Crippen LogP contribution in [0.1, 0.15) is 11.1 Å². The Morgan fingerprint density at radius 2 is 1.21 bits per heavy atom. The van der Waals surface area contributed by atoms with Crippen molar-refractivity contribution in [2.75, 3.05) is 0 Å². The van der Waals surface area contributed by atoms with Gasteiger partial charge in [0.15, 0.2) is 0 Å². The summed E-state index contributed by atoms with van der Waals surface area (Å²) in [6.45, 7) is 0.788. The summed E-state index contributed by atoms with van der Waals surface area (Å²) in [6, 6.07) is 29.0. The first-order chi connectivity index (χ1) is 11.8. The van der Waals surface area contributed by atoms with Crippen molar-refractivity contribution in [3.8, 4) is 0 Å². The fourth-order valence-corrected chi connectivity index (χ4v) is 4.08. The van der Waals surface area contributed by atoms with Crippen molar-refractivity contribution in [3.05, 3.63) is 102 Å². The van der Waals surface area contributed by atoms with Gasteiger partial charge in [0, 0.05) is 6.54 Å². The average molecular weight is 337 g/mol. The van der Waals surface area contributed by atoms with Gasteiger partial charge in [-0.05, 0) is 23.3 Å². The molecule has 0 spiro atoms. The van der Waals surface area contributed by atoms with E-state index in [0.717, 1.165) is 11.1 Å². The van der Waals surface area contributed by atoms with Crippen LogP contribution < -0.4 is 10.4 Å². The van der Waals surface area contributed by atoms with E-state index in [-0.39, 0.29) is 0 Å². The van der Waals surface area contributed by atoms with Crippen LogP contribution in [0.25, 0.3) is 0 Å². The monoisotopic (exact) mass is 337 g/mol. The topological polar surface area (TPSA) is 38.3 Å². The molecule has 0 aromatic heterocycles. The van der Waals surface area contributed by atoms with Crippen molar-refractivity contribution in [2.45, 2.75) is 13.2 Å². The Labute approximate surface area is 142 Å². The zero-order valence-electron chi connectivity index (χ0n) is 13.3. The van der Waals surface area contributed by atoms with Gasteiger partial charge in [0.05, 0.1) is 11.9 Å². The van der Waals surface area contributed by atoms with Crippen LogP contribution in [0.15, 0.2) is 91.0 Å². The Balaban J connectivity index is 1.77. The average Bonchev–Trinajstić information content (AvgIpc) is 2.67. The molecule has 0 amide bonds. The minimum atomic E-state index is -3.15. The lowest BCUT2D eigenvalue weighted by molar-refractivity contribution is 0.302. The van der Waals surface area contributed by atoms with E-state index in [0.29, 0.717) is 18.5 Å². The van der Waals surface area contributed by atoms with E-state index in [9.17, 15) is 4.57 Å². The van der Waals surface area contributed by atoms with Crippen LogP contribution in [-0.4, -0.2) is 0 Å². The molecule has 3 nitrogen and oxygen atoms in total. The first kappa shape index (κ1) is 16.7. The van der Waals surface area contributed by atoms with E-state index < -0.39 is 7.52 Å². The lowest BCUT2D eigenvalue weighted by Gasteiger charge is -2.20. The van der Waals surface area contributed by atoms with Gasteiger partial charge in [-0.1, -0.05) is 78.9 Å². The van der Waals surface area contributed by atoms with E-state index in [1.165, 1.54) is 0 Å². The maximum Gasteiger partial charge on any atom is 0.300 e. The molecule has 122 valence electrons. The Morgan fingerprint density at radius 3 is 1.79 bits per heavy atom. The molecule has 1 unspecified atom stereocenters. The zero-order valence-corrected chi connectivity index (χ0v) is 14.2. The third kappa shape index (κ3) is 4.42. The zero-order chi connectivity index (χ0) is 16.7. The van der Waals surface area contributed by atoms with Crippen molar-refractivity contribution >= 4 is 12.8 Å². The molecule has 0 aliphatic carbocycles. The van der Waals surface area contributed by atoms with Crippen molar-refractivity contribution in [1.82, 2.24) is 5.09 Å². The van der Waals surface area contributed by atoms with Crippen LogP contribution in [0.3, 0.4) is 0 Å². The van der Waals surface area contributed by atoms with Crippen molar-refractivity contribution in [2.24, 2.45) is 0 Å². The standard InChI is InChI=1S/C20H20NO2P/c22-24(20-14-8-3-9-15-20,21-16-18-10-4-1-5-11-18)23-17-19-12-6-2-7-13-19/h1-15H,16-17H2,(H,21,22). The van der Waals surface area contributed by atoms with Gasteiger partial charge < -0.3 is 4.52 Å². The lowest BCUT2D eigenvalue weighted by Crippen LogP contribution is -2.21. The predicted molar refractivity (Wildman–Crippen MR) is 98.2 cm³/mol. The normalized spacial score (nSPS) is 13.3. The van der Waals surface area contributed by atoms with E-state index in [4.69, 9.17) is 4.52 Å². The second-order valence-electron chi connectivity index (χ2n) is 5.47. The van der Waals surface area contributed by atoms with Gasteiger partial charge in [-0.25, -0.2) is 5.09 Å². The highest BCUT2D eigenvalue weighted by atomic mass is 31.2. The first-order valence-corrected chi connectivity index (χ1v) is 9.52. The number of nitrogens with one attached hydrogen (secondary N) is 1. The Bertz CT molecular complexity index is 744. The van der Waals surface area contributed by atoms with Gasteiger partial charge in [-0.3, -0.25) is 4.57 Å². The molecule has 24 heavy (non-hydrogen) atoms. The summed E-state index contributed by atoms with van der Waals surface area (Å²) in [5, 5.41) is 3.81. The predicted octanol–water partition coefficient (Wildman–Crippen LogP) is 4.51. The summed E-state index contributed by atoms with van der Waals surface area (Å²) in [6.07, 6.45) is 0. The number of benzene rings is 3. The number of hydrogen-bond donors (Lipinski definition) is 1. The first-order valence-electron chi connectivity index (χ1n) is 7.89. The molecular formula is C20H20NO2P. The lowest BCUT2D eigenvalue weighted by atomic mass is 10.2. The fourth-order valence-electron chi connectivity index (χ4n) is 2.37. The van der Waals surface area contributed by atoms with Crippen LogP contribution >= 0.6 is 7.52 Å². The maximum absolute atomic E-state index is 13.4. The van der Waals surface area contributed by atoms with Crippen molar-refractivity contribution in [1.29, 1.82) is 0 Å². The van der Waals surface area contributed by atoms with Crippen LogP contribution in [0.5, 0.6) is 0 Å². The van der Waals surface area contributed by atoms with Gasteiger partial charge in [-0.15, -0.1) is 0 Å². The van der Waals surface area contributed by atoms with Crippen LogP contribution in [-0.2, 0) is 22.2 Å². The molecule has 0 saturated carbocycles. The number of hydrogen-bond acceptors (Lipinski definition) is 2. The fraction of sp³-hybridized carbons (Fsp3) is 0.100. The highest BCUT2D eigenvalue weighted by molar-refractivity contribution is 7.65. The quantitative estimate of drug-likeness (QED) is 0.645. The molecule has 4 heteroatoms. The molecule has 0 heterocycles. The highest BCUT2D eigenvalue weighted by Crippen LogP contribution is 2.42. The maximum atomic E-state index is 13.4. The molecule has 3 aromatic carbocycles. The summed E-state index contributed by atoms with van der Waals surface area (Å²) in [5.41, 5.74) is 2.06. The van der Waals surface area contributed by atoms with Crippen LogP contribution in [0.2, 0.25) is 0 Å². The van der Waals surface area contributed by atoms with Gasteiger partial charge in [0.25, 0.3) is 7.52 Å². The van der Waals surface area contributed by atoms with Gasteiger partial charge >= 0.3 is 0 Å². The second kappa shape index (κ2) is 8.07. The largest absolute Gasteiger partial charge is 0.309 e. The van der Waals surface area contributed by atoms with Crippen molar-refractivity contribution in [3.63, 3.8) is 0 Å². The summed E-state index contributed by atoms with van der Waals surface area (Å²) in [7, 11) is -3.15. The SMILES string of the molecule is O=P(NCc1ccccc1)(OCc1ccccc1)c1ccccc1. The third-order valence-corrected chi connectivity index (χ3v) is 5.73. The van der Waals surface area contributed by atoms with E-state index in [1.807, 2.05) is 91.0 Å². The smallest absolute Gasteiger partial charge is 0.300 e. The number of rotatable bonds is 7. The summed E-state index contributed by atoms with van der Waals surface area (Å²) >= 11 is 0. The van der Waals surface area contributed by atoms with Gasteiger partial charge in [0.2, 0.25) is 0 Å². The highest BCUT2D eigenvalue weighted by Gasteiger charge is 2.25. The van der Waals surface area contributed by atoms with Gasteiger partial charge in [0.1, 0.15) is 0 Å². The van der Waals surface area contributed by atoms with Crippen LogP contribution in [0.4, 0.5) is 0 Å². The molecule has 3 rings (SSSR count). The second-order valence-corrected chi connectivity index (χ2v) is 7.66. The minimum Gasteiger partial charge on any atom is -0.309 e. The molecule has 0 fully saturated rings. The van der Waals surface area contributed by atoms with Gasteiger partial charge in [-0.2, -0.15) is 0 Å². The summed E-state index contributed by atoms with van der Waals surface area (Å²) < 4.78 is 19.3. The molecular weight excluding hydrogens is 317 g/mol.